The Bertz CT molecular complexity index is 994. The smallest absolute Gasteiger partial charge is 0.271 e. The van der Waals surface area contributed by atoms with E-state index in [9.17, 15) is 23.3 Å². The number of aryl methyl sites for hydroxylation is 1. The van der Waals surface area contributed by atoms with E-state index in [1.54, 1.807) is 31.2 Å². The molecule has 1 N–H and O–H groups in total. The predicted octanol–water partition coefficient (Wildman–Crippen LogP) is 3.74. The van der Waals surface area contributed by atoms with Gasteiger partial charge in [-0.25, -0.2) is 8.42 Å². The van der Waals surface area contributed by atoms with Gasteiger partial charge in [-0.3, -0.25) is 19.2 Å². The number of halogens is 1. The molecule has 0 aliphatic rings. The van der Waals surface area contributed by atoms with Crippen molar-refractivity contribution in [1.29, 1.82) is 0 Å². The lowest BCUT2D eigenvalue weighted by Gasteiger charge is -2.24. The summed E-state index contributed by atoms with van der Waals surface area (Å²) in [7, 11) is -3.69. The lowest BCUT2D eigenvalue weighted by atomic mass is 10.1. The molecule has 0 heterocycles. The maximum atomic E-state index is 12.2. The number of nitrogens with one attached hydrogen (secondary N) is 1. The molecule has 0 saturated heterocycles. The first-order chi connectivity index (χ1) is 13.1. The molecule has 0 unspecified atom stereocenters. The zero-order valence-electron chi connectivity index (χ0n) is 15.4. The van der Waals surface area contributed by atoms with Crippen LogP contribution in [0.1, 0.15) is 18.4 Å². The van der Waals surface area contributed by atoms with Crippen molar-refractivity contribution in [1.82, 2.24) is 0 Å². The summed E-state index contributed by atoms with van der Waals surface area (Å²) in [5.74, 6) is -0.308. The normalized spacial score (nSPS) is 11.1. The van der Waals surface area contributed by atoms with Gasteiger partial charge in [-0.1, -0.05) is 29.8 Å². The van der Waals surface area contributed by atoms with Crippen LogP contribution in [0.25, 0.3) is 0 Å². The summed E-state index contributed by atoms with van der Waals surface area (Å²) >= 11 is 5.99. The van der Waals surface area contributed by atoms with Crippen LogP contribution in [-0.2, 0) is 14.8 Å². The lowest BCUT2D eigenvalue weighted by molar-refractivity contribution is -0.384. The van der Waals surface area contributed by atoms with Gasteiger partial charge in [-0.15, -0.1) is 0 Å². The summed E-state index contributed by atoms with van der Waals surface area (Å²) in [6.07, 6.45) is 1.31. The molecule has 0 aliphatic carbocycles. The molecule has 0 spiro atoms. The van der Waals surface area contributed by atoms with Crippen molar-refractivity contribution in [3.05, 3.63) is 63.2 Å². The van der Waals surface area contributed by atoms with E-state index < -0.39 is 14.9 Å². The molecule has 0 aromatic heterocycles. The number of nitro groups is 1. The number of sulfonamides is 1. The Morgan fingerprint density at radius 1 is 1.25 bits per heavy atom. The van der Waals surface area contributed by atoms with Crippen LogP contribution in [0.3, 0.4) is 0 Å². The van der Waals surface area contributed by atoms with Gasteiger partial charge in [0.25, 0.3) is 5.69 Å². The van der Waals surface area contributed by atoms with E-state index in [0.29, 0.717) is 16.3 Å². The van der Waals surface area contributed by atoms with Gasteiger partial charge >= 0.3 is 0 Å². The topological polar surface area (TPSA) is 110 Å². The number of carbonyl (C=O) groups excluding carboxylic acids is 1. The molecule has 0 radical (unpaired) electrons. The first-order valence-corrected chi connectivity index (χ1v) is 10.6. The molecule has 2 aromatic rings. The van der Waals surface area contributed by atoms with Crippen molar-refractivity contribution in [2.24, 2.45) is 0 Å². The highest BCUT2D eigenvalue weighted by molar-refractivity contribution is 7.92. The van der Waals surface area contributed by atoms with Gasteiger partial charge in [0.2, 0.25) is 15.9 Å². The molecular formula is C18H20ClN3O5S. The number of amides is 1. The van der Waals surface area contributed by atoms with Crippen LogP contribution in [0, 0.1) is 17.0 Å². The Morgan fingerprint density at radius 2 is 1.93 bits per heavy atom. The van der Waals surface area contributed by atoms with Gasteiger partial charge in [-0.05, 0) is 31.0 Å². The summed E-state index contributed by atoms with van der Waals surface area (Å²) in [4.78, 5) is 22.5. The third-order valence-corrected chi connectivity index (χ3v) is 5.50. The largest absolute Gasteiger partial charge is 0.325 e. The number of hydrogen-bond donors (Lipinski definition) is 1. The van der Waals surface area contributed by atoms with Crippen LogP contribution in [0.5, 0.6) is 0 Å². The van der Waals surface area contributed by atoms with Crippen molar-refractivity contribution in [3.8, 4) is 0 Å². The van der Waals surface area contributed by atoms with Gasteiger partial charge in [-0.2, -0.15) is 0 Å². The first kappa shape index (κ1) is 21.6. The van der Waals surface area contributed by atoms with Gasteiger partial charge in [0.1, 0.15) is 0 Å². The van der Waals surface area contributed by atoms with E-state index in [1.165, 1.54) is 18.2 Å². The average Bonchev–Trinajstić information content (AvgIpc) is 2.60. The quantitative estimate of drug-likeness (QED) is 0.511. The number of non-ortho nitro benzene ring substituents is 1. The summed E-state index contributed by atoms with van der Waals surface area (Å²) in [6.45, 7) is 1.68. The second-order valence-corrected chi connectivity index (χ2v) is 8.51. The zero-order chi connectivity index (χ0) is 20.9. The molecule has 2 rings (SSSR count). The third-order valence-electron chi connectivity index (χ3n) is 3.99. The monoisotopic (exact) mass is 425 g/mol. The molecule has 0 aliphatic heterocycles. The number of hydrogen-bond acceptors (Lipinski definition) is 5. The van der Waals surface area contributed by atoms with E-state index in [4.69, 9.17) is 11.6 Å². The van der Waals surface area contributed by atoms with Crippen molar-refractivity contribution >= 4 is 44.6 Å². The van der Waals surface area contributed by atoms with E-state index in [2.05, 4.69) is 5.32 Å². The predicted molar refractivity (Wildman–Crippen MR) is 109 cm³/mol. The molecule has 0 fully saturated rings. The van der Waals surface area contributed by atoms with E-state index in [1.807, 2.05) is 0 Å². The Balaban J connectivity index is 2.10. The van der Waals surface area contributed by atoms with Gasteiger partial charge < -0.3 is 5.32 Å². The molecule has 150 valence electrons. The van der Waals surface area contributed by atoms with Gasteiger partial charge in [0.15, 0.2) is 0 Å². The van der Waals surface area contributed by atoms with E-state index in [0.717, 1.165) is 10.6 Å². The molecule has 0 bridgehead atoms. The van der Waals surface area contributed by atoms with Gasteiger partial charge in [0, 0.05) is 25.1 Å². The SMILES string of the molecule is Cc1ccc([N+](=O)[O-])cc1N(CCCC(=O)Nc1ccccc1Cl)S(C)(=O)=O. The van der Waals surface area contributed by atoms with Gasteiger partial charge in [0.05, 0.1) is 27.6 Å². The summed E-state index contributed by atoms with van der Waals surface area (Å²) < 4.78 is 25.5. The zero-order valence-corrected chi connectivity index (χ0v) is 17.0. The fraction of sp³-hybridized carbons (Fsp3) is 0.278. The molecule has 2 aromatic carbocycles. The van der Waals surface area contributed by atoms with Crippen LogP contribution < -0.4 is 9.62 Å². The number of anilines is 2. The standard InChI is InChI=1S/C18H20ClN3O5S/c1-13-9-10-14(22(24)25)12-17(13)21(28(2,26)27)11-5-8-18(23)20-16-7-4-3-6-15(16)19/h3-4,6-7,9-10,12H,5,8,11H2,1-2H3,(H,20,23). The maximum Gasteiger partial charge on any atom is 0.271 e. The molecule has 8 nitrogen and oxygen atoms in total. The third kappa shape index (κ3) is 5.67. The van der Waals surface area contributed by atoms with E-state index >= 15 is 0 Å². The molecular weight excluding hydrogens is 406 g/mol. The highest BCUT2D eigenvalue weighted by Gasteiger charge is 2.22. The summed E-state index contributed by atoms with van der Waals surface area (Å²) in [5.41, 5.74) is 1.08. The lowest BCUT2D eigenvalue weighted by Crippen LogP contribution is -2.32. The average molecular weight is 426 g/mol. The van der Waals surface area contributed by atoms with E-state index in [-0.39, 0.29) is 36.7 Å². The maximum absolute atomic E-state index is 12.2. The number of benzene rings is 2. The van der Waals surface area contributed by atoms with Crippen LogP contribution in [-0.4, -0.2) is 32.0 Å². The van der Waals surface area contributed by atoms with Crippen LogP contribution >= 0.6 is 11.6 Å². The first-order valence-electron chi connectivity index (χ1n) is 8.36. The number of carbonyl (C=O) groups is 1. The highest BCUT2D eigenvalue weighted by Crippen LogP contribution is 2.28. The minimum atomic E-state index is -3.69. The van der Waals surface area contributed by atoms with Crippen molar-refractivity contribution < 1.29 is 18.1 Å². The molecule has 0 atom stereocenters. The fourth-order valence-corrected chi connectivity index (χ4v) is 3.80. The Labute approximate surface area is 168 Å². The number of nitrogens with zero attached hydrogens (tertiary/aromatic N) is 2. The molecule has 1 amide bonds. The molecule has 10 heteroatoms. The second kappa shape index (κ2) is 9.03. The second-order valence-electron chi connectivity index (χ2n) is 6.19. The number of para-hydroxylation sites is 1. The van der Waals surface area contributed by atoms with Crippen molar-refractivity contribution in [3.63, 3.8) is 0 Å². The van der Waals surface area contributed by atoms with Crippen LogP contribution in [0.2, 0.25) is 5.02 Å². The number of rotatable bonds is 8. The highest BCUT2D eigenvalue weighted by atomic mass is 35.5. The molecule has 28 heavy (non-hydrogen) atoms. The Morgan fingerprint density at radius 3 is 2.54 bits per heavy atom. The minimum Gasteiger partial charge on any atom is -0.325 e. The Kier molecular flexibility index (Phi) is 6.98. The Hall–Kier alpha value is -2.65. The van der Waals surface area contributed by atoms with Crippen LogP contribution in [0.15, 0.2) is 42.5 Å². The summed E-state index contributed by atoms with van der Waals surface area (Å²) in [6, 6.07) is 10.8. The number of nitro benzene ring substituents is 1. The van der Waals surface area contributed by atoms with Crippen molar-refractivity contribution in [2.45, 2.75) is 19.8 Å². The summed E-state index contributed by atoms with van der Waals surface area (Å²) in [5, 5.41) is 14.1. The van der Waals surface area contributed by atoms with Crippen LogP contribution in [0.4, 0.5) is 17.1 Å². The fourth-order valence-electron chi connectivity index (χ4n) is 2.60. The minimum absolute atomic E-state index is 0.0107. The van der Waals surface area contributed by atoms with Crippen molar-refractivity contribution in [2.75, 3.05) is 22.4 Å². The molecule has 0 saturated carbocycles.